The Morgan fingerprint density at radius 3 is 2.43 bits per heavy atom. The summed E-state index contributed by atoms with van der Waals surface area (Å²) in [6.07, 6.45) is 3.66. The van der Waals surface area contributed by atoms with Crippen LogP contribution in [0.15, 0.2) is 33.9 Å². The Bertz CT molecular complexity index is 803. The molecule has 0 radical (unpaired) electrons. The van der Waals surface area contributed by atoms with E-state index in [1.54, 1.807) is 12.1 Å². The van der Waals surface area contributed by atoms with Crippen molar-refractivity contribution in [2.75, 3.05) is 23.3 Å². The van der Waals surface area contributed by atoms with Crippen LogP contribution in [0, 0.1) is 0 Å². The van der Waals surface area contributed by atoms with Crippen molar-refractivity contribution in [3.05, 3.63) is 50.8 Å². The number of nitrogens with zero attached hydrogens (tertiary/aromatic N) is 2. The molecule has 0 spiro atoms. The van der Waals surface area contributed by atoms with Gasteiger partial charge in [-0.2, -0.15) is 5.10 Å². The third kappa shape index (κ3) is 3.47. The first kappa shape index (κ1) is 15.0. The van der Waals surface area contributed by atoms with E-state index in [4.69, 9.17) is 0 Å². The summed E-state index contributed by atoms with van der Waals surface area (Å²) < 4.78 is 0. The average molecular weight is 315 g/mol. The summed E-state index contributed by atoms with van der Waals surface area (Å²) in [5.41, 5.74) is -0.288. The van der Waals surface area contributed by atoms with Gasteiger partial charge < -0.3 is 10.2 Å². The van der Waals surface area contributed by atoms with Crippen LogP contribution in [0.5, 0.6) is 0 Å². The Morgan fingerprint density at radius 1 is 1.09 bits per heavy atom. The molecular formula is C15H17N5O3. The Morgan fingerprint density at radius 2 is 1.78 bits per heavy atom. The van der Waals surface area contributed by atoms with Crippen molar-refractivity contribution in [3.63, 3.8) is 0 Å². The van der Waals surface area contributed by atoms with Crippen molar-refractivity contribution in [2.45, 2.75) is 19.3 Å². The maximum Gasteiger partial charge on any atom is 0.342 e. The Balaban J connectivity index is 1.71. The van der Waals surface area contributed by atoms with Crippen LogP contribution in [-0.4, -0.2) is 34.2 Å². The van der Waals surface area contributed by atoms with E-state index in [1.807, 2.05) is 22.2 Å². The first-order valence-corrected chi connectivity index (χ1v) is 7.49. The van der Waals surface area contributed by atoms with Crippen LogP contribution in [0.1, 0.15) is 29.8 Å². The molecule has 3 rings (SSSR count). The molecule has 1 amide bonds. The number of hydrogen-bond donors (Lipinski definition) is 3. The van der Waals surface area contributed by atoms with Crippen LogP contribution >= 0.6 is 0 Å². The lowest BCUT2D eigenvalue weighted by Gasteiger charge is -2.28. The molecule has 1 aromatic carbocycles. The van der Waals surface area contributed by atoms with Crippen molar-refractivity contribution >= 4 is 17.3 Å². The third-order valence-corrected chi connectivity index (χ3v) is 3.77. The normalized spacial score (nSPS) is 14.5. The molecule has 0 unspecified atom stereocenters. The number of aromatic amines is 2. The van der Waals surface area contributed by atoms with Gasteiger partial charge in [-0.25, -0.2) is 9.89 Å². The summed E-state index contributed by atoms with van der Waals surface area (Å²) in [6.45, 7) is 2.09. The minimum absolute atomic E-state index is 0.385. The number of carbonyl (C=O) groups is 1. The molecule has 2 heterocycles. The van der Waals surface area contributed by atoms with Crippen LogP contribution in [0.4, 0.5) is 11.4 Å². The van der Waals surface area contributed by atoms with Gasteiger partial charge >= 0.3 is 5.69 Å². The van der Waals surface area contributed by atoms with Crippen molar-refractivity contribution < 1.29 is 4.79 Å². The second-order valence-corrected chi connectivity index (χ2v) is 5.40. The topological polar surface area (TPSA) is 111 Å². The highest BCUT2D eigenvalue weighted by atomic mass is 16.2. The van der Waals surface area contributed by atoms with Gasteiger partial charge in [-0.05, 0) is 43.5 Å². The predicted molar refractivity (Wildman–Crippen MR) is 85.9 cm³/mol. The van der Waals surface area contributed by atoms with E-state index < -0.39 is 17.2 Å². The molecule has 1 fully saturated rings. The van der Waals surface area contributed by atoms with Crippen LogP contribution in [0.2, 0.25) is 0 Å². The summed E-state index contributed by atoms with van der Waals surface area (Å²) in [4.78, 5) is 38.7. The van der Waals surface area contributed by atoms with E-state index >= 15 is 0 Å². The molecule has 1 aliphatic heterocycles. The summed E-state index contributed by atoms with van der Waals surface area (Å²) >= 11 is 0. The minimum Gasteiger partial charge on any atom is -0.372 e. The molecule has 0 saturated carbocycles. The van der Waals surface area contributed by atoms with Crippen LogP contribution in [-0.2, 0) is 0 Å². The summed E-state index contributed by atoms with van der Waals surface area (Å²) in [5.74, 6) is -0.673. The van der Waals surface area contributed by atoms with Gasteiger partial charge in [-0.1, -0.05) is 0 Å². The standard InChI is InChI=1S/C15H17N5O3/c21-13(12-14(22)17-15(23)19-18-12)16-10-4-6-11(7-5-10)20-8-2-1-3-9-20/h4-7H,1-3,8-9H2,(H,16,21)(H2,17,19,22,23). The first-order valence-electron chi connectivity index (χ1n) is 7.49. The number of carbonyl (C=O) groups excluding carboxylic acids is 1. The molecule has 2 aromatic rings. The zero-order chi connectivity index (χ0) is 16.2. The molecule has 8 heteroatoms. The van der Waals surface area contributed by atoms with Crippen molar-refractivity contribution in [1.29, 1.82) is 0 Å². The lowest BCUT2D eigenvalue weighted by Crippen LogP contribution is -2.32. The molecule has 0 atom stereocenters. The predicted octanol–water partition coefficient (Wildman–Crippen LogP) is 0.701. The van der Waals surface area contributed by atoms with Gasteiger partial charge in [-0.3, -0.25) is 14.6 Å². The number of anilines is 2. The van der Waals surface area contributed by atoms with Crippen LogP contribution in [0.3, 0.4) is 0 Å². The number of rotatable bonds is 3. The monoisotopic (exact) mass is 315 g/mol. The fourth-order valence-electron chi connectivity index (χ4n) is 2.60. The quantitative estimate of drug-likeness (QED) is 0.772. The van der Waals surface area contributed by atoms with E-state index in [0.29, 0.717) is 5.69 Å². The Hall–Kier alpha value is -2.90. The summed E-state index contributed by atoms with van der Waals surface area (Å²) in [6, 6.07) is 7.43. The fourth-order valence-corrected chi connectivity index (χ4v) is 2.60. The van der Waals surface area contributed by atoms with E-state index in [1.165, 1.54) is 19.3 Å². The highest BCUT2D eigenvalue weighted by Gasteiger charge is 2.14. The van der Waals surface area contributed by atoms with E-state index in [2.05, 4.69) is 15.3 Å². The second-order valence-electron chi connectivity index (χ2n) is 5.40. The molecular weight excluding hydrogens is 298 g/mol. The number of piperidine rings is 1. The fraction of sp³-hybridized carbons (Fsp3) is 0.333. The summed E-state index contributed by atoms with van der Waals surface area (Å²) in [7, 11) is 0. The van der Waals surface area contributed by atoms with Crippen molar-refractivity contribution in [2.24, 2.45) is 0 Å². The van der Waals surface area contributed by atoms with Crippen molar-refractivity contribution in [1.82, 2.24) is 15.2 Å². The lowest BCUT2D eigenvalue weighted by molar-refractivity contribution is 0.101. The van der Waals surface area contributed by atoms with Gasteiger partial charge in [0, 0.05) is 24.5 Å². The smallest absolute Gasteiger partial charge is 0.342 e. The van der Waals surface area contributed by atoms with Crippen LogP contribution in [0.25, 0.3) is 0 Å². The highest BCUT2D eigenvalue weighted by molar-refractivity contribution is 6.02. The number of aromatic nitrogens is 3. The molecule has 0 bridgehead atoms. The molecule has 8 nitrogen and oxygen atoms in total. The lowest BCUT2D eigenvalue weighted by atomic mass is 10.1. The van der Waals surface area contributed by atoms with Crippen molar-refractivity contribution in [3.8, 4) is 0 Å². The van der Waals surface area contributed by atoms with Gasteiger partial charge in [-0.15, -0.1) is 0 Å². The molecule has 3 N–H and O–H groups in total. The number of H-pyrrole nitrogens is 2. The largest absolute Gasteiger partial charge is 0.372 e. The molecule has 120 valence electrons. The molecule has 1 saturated heterocycles. The van der Waals surface area contributed by atoms with E-state index in [9.17, 15) is 14.4 Å². The van der Waals surface area contributed by atoms with E-state index in [-0.39, 0.29) is 5.69 Å². The molecule has 23 heavy (non-hydrogen) atoms. The third-order valence-electron chi connectivity index (χ3n) is 3.77. The van der Waals surface area contributed by atoms with Gasteiger partial charge in [0.1, 0.15) is 0 Å². The second kappa shape index (κ2) is 6.47. The molecule has 1 aromatic heterocycles. The highest BCUT2D eigenvalue weighted by Crippen LogP contribution is 2.21. The SMILES string of the molecule is O=C(Nc1ccc(N2CCCCC2)cc1)c1n[nH]c(=O)[nH]c1=O. The zero-order valence-corrected chi connectivity index (χ0v) is 12.5. The number of amides is 1. The van der Waals surface area contributed by atoms with Crippen LogP contribution < -0.4 is 21.5 Å². The van der Waals surface area contributed by atoms with Gasteiger partial charge in [0.05, 0.1) is 0 Å². The Kier molecular flexibility index (Phi) is 4.22. The zero-order valence-electron chi connectivity index (χ0n) is 12.5. The average Bonchev–Trinajstić information content (AvgIpc) is 2.56. The maximum atomic E-state index is 12.0. The Labute approximate surface area is 131 Å². The van der Waals surface area contributed by atoms with Gasteiger partial charge in [0.2, 0.25) is 5.69 Å². The minimum atomic E-state index is -0.823. The summed E-state index contributed by atoms with van der Waals surface area (Å²) in [5, 5.41) is 8.08. The molecule has 1 aliphatic rings. The number of hydrogen-bond acceptors (Lipinski definition) is 5. The van der Waals surface area contributed by atoms with Gasteiger partial charge in [0.25, 0.3) is 11.5 Å². The van der Waals surface area contributed by atoms with E-state index in [0.717, 1.165) is 18.8 Å². The van der Waals surface area contributed by atoms with Gasteiger partial charge in [0.15, 0.2) is 0 Å². The first-order chi connectivity index (χ1) is 11.1. The molecule has 0 aliphatic carbocycles. The number of benzene rings is 1. The maximum absolute atomic E-state index is 12.0. The number of nitrogens with one attached hydrogen (secondary N) is 3.